The Morgan fingerprint density at radius 2 is 0.818 bits per heavy atom. The van der Waals surface area contributed by atoms with Gasteiger partial charge >= 0.3 is 0 Å². The maximum atomic E-state index is 14.1. The van der Waals surface area contributed by atoms with Gasteiger partial charge in [0.15, 0.2) is 17.5 Å². The summed E-state index contributed by atoms with van der Waals surface area (Å²) in [4.78, 5) is 15.0. The highest BCUT2D eigenvalue weighted by Gasteiger charge is 2.36. The van der Waals surface area contributed by atoms with Crippen LogP contribution in [-0.4, -0.2) is 21.6 Å². The summed E-state index contributed by atoms with van der Waals surface area (Å²) >= 11 is 0. The third-order valence-electron chi connectivity index (χ3n) is 10.7. The third-order valence-corrected chi connectivity index (χ3v) is 13.3. The van der Waals surface area contributed by atoms with E-state index in [4.69, 9.17) is 15.0 Å². The van der Waals surface area contributed by atoms with Gasteiger partial charge in [-0.3, -0.25) is 0 Å². The molecule has 9 aromatic rings. The minimum Gasteiger partial charge on any atom is -0.314 e. The Balaban J connectivity index is 1.06. The number of benzene rings is 8. The molecule has 260 valence electrons. The van der Waals surface area contributed by atoms with Crippen LogP contribution in [0.5, 0.6) is 0 Å². The summed E-state index contributed by atoms with van der Waals surface area (Å²) in [5, 5.41) is 4.19. The fraction of sp³-hybridized carbons (Fsp3) is 0.0200. The van der Waals surface area contributed by atoms with Crippen molar-refractivity contribution in [2.75, 3.05) is 6.66 Å². The fourth-order valence-corrected chi connectivity index (χ4v) is 10.3. The van der Waals surface area contributed by atoms with Gasteiger partial charge in [-0.25, -0.2) is 15.0 Å². The zero-order chi connectivity index (χ0) is 36.9. The molecule has 1 aliphatic heterocycles. The van der Waals surface area contributed by atoms with Gasteiger partial charge in [0, 0.05) is 32.9 Å². The van der Waals surface area contributed by atoms with Gasteiger partial charge < -0.3 is 4.57 Å². The molecule has 0 fully saturated rings. The van der Waals surface area contributed by atoms with Crippen molar-refractivity contribution < 1.29 is 4.57 Å². The van der Waals surface area contributed by atoms with Crippen molar-refractivity contribution in [3.05, 3.63) is 188 Å². The molecule has 8 aromatic carbocycles. The number of hydrogen-bond acceptors (Lipinski definition) is 4. The zero-order valence-corrected chi connectivity index (χ0v) is 31.0. The zero-order valence-electron chi connectivity index (χ0n) is 30.1. The molecule has 0 amide bonds. The lowest BCUT2D eigenvalue weighted by Crippen LogP contribution is -2.08. The molecular formula is C50H34N3OP. The third kappa shape index (κ3) is 5.71. The molecule has 0 saturated carbocycles. The molecule has 0 bridgehead atoms. The van der Waals surface area contributed by atoms with Crippen molar-refractivity contribution in [2.24, 2.45) is 0 Å². The Morgan fingerprint density at radius 3 is 1.55 bits per heavy atom. The topological polar surface area (TPSA) is 55.7 Å². The van der Waals surface area contributed by atoms with Crippen LogP contribution in [0.4, 0.5) is 0 Å². The molecule has 55 heavy (non-hydrogen) atoms. The molecule has 0 spiro atoms. The highest BCUT2D eigenvalue weighted by Crippen LogP contribution is 2.53. The standard InChI is InChI=1S/C50H34N3OP/c1-55(54)45-24-11-10-22-44(45)47-43(23-13-25-46(47)55)42-31-30-39(40-20-8-9-21-41(40)42)34-26-28-36(29-27-34)49-51-48(35-16-6-3-7-17-35)52-50(53-49)38-19-12-18-37(32-38)33-14-4-2-5-15-33/h2-32H,1H3. The summed E-state index contributed by atoms with van der Waals surface area (Å²) in [6.07, 6.45) is 0. The Labute approximate surface area is 320 Å². The van der Waals surface area contributed by atoms with Crippen LogP contribution < -0.4 is 10.6 Å². The number of hydrogen-bond donors (Lipinski definition) is 0. The second-order valence-corrected chi connectivity index (χ2v) is 16.9. The maximum absolute atomic E-state index is 14.1. The molecule has 1 atom stereocenters. The van der Waals surface area contributed by atoms with Crippen LogP contribution in [0.3, 0.4) is 0 Å². The highest BCUT2D eigenvalue weighted by molar-refractivity contribution is 7.79. The molecule has 0 N–H and O–H groups in total. The van der Waals surface area contributed by atoms with E-state index in [1.807, 2.05) is 73.4 Å². The molecule has 1 aliphatic rings. The van der Waals surface area contributed by atoms with Crippen LogP contribution in [-0.2, 0) is 4.57 Å². The van der Waals surface area contributed by atoms with Crippen molar-refractivity contribution in [3.8, 4) is 78.7 Å². The minimum atomic E-state index is -2.69. The summed E-state index contributed by atoms with van der Waals surface area (Å²) in [6.45, 7) is 1.90. The number of aromatic nitrogens is 3. The largest absolute Gasteiger partial charge is 0.314 e. The normalized spacial score (nSPS) is 14.4. The van der Waals surface area contributed by atoms with E-state index in [0.717, 1.165) is 82.6 Å². The van der Waals surface area contributed by atoms with Crippen LogP contribution in [0, 0.1) is 0 Å². The molecule has 10 rings (SSSR count). The average Bonchev–Trinajstić information content (AvgIpc) is 3.50. The summed E-state index contributed by atoms with van der Waals surface area (Å²) in [6, 6.07) is 64.8. The quantitative estimate of drug-likeness (QED) is 0.160. The van der Waals surface area contributed by atoms with Gasteiger partial charge in [0.2, 0.25) is 0 Å². The fourth-order valence-electron chi connectivity index (χ4n) is 7.99. The van der Waals surface area contributed by atoms with Gasteiger partial charge in [0.25, 0.3) is 0 Å². The molecule has 1 unspecified atom stereocenters. The first-order chi connectivity index (χ1) is 27.0. The molecule has 0 aliphatic carbocycles. The van der Waals surface area contributed by atoms with E-state index in [-0.39, 0.29) is 0 Å². The Hall–Kier alpha value is -6.74. The van der Waals surface area contributed by atoms with E-state index in [1.165, 1.54) is 0 Å². The summed E-state index contributed by atoms with van der Waals surface area (Å²) < 4.78 is 14.1. The number of fused-ring (bicyclic) bond motifs is 4. The molecule has 0 saturated heterocycles. The van der Waals surface area contributed by atoms with Crippen LogP contribution in [0.1, 0.15) is 0 Å². The van der Waals surface area contributed by atoms with E-state index in [2.05, 4.69) is 121 Å². The molecule has 0 radical (unpaired) electrons. The van der Waals surface area contributed by atoms with Gasteiger partial charge in [-0.05, 0) is 62.4 Å². The van der Waals surface area contributed by atoms with Gasteiger partial charge in [-0.1, -0.05) is 182 Å². The predicted octanol–water partition coefficient (Wildman–Crippen LogP) is 12.0. The second kappa shape index (κ2) is 13.3. The summed E-state index contributed by atoms with van der Waals surface area (Å²) in [7, 11) is -2.69. The Bertz CT molecular complexity index is 2960. The van der Waals surface area contributed by atoms with E-state index < -0.39 is 7.14 Å². The van der Waals surface area contributed by atoms with Crippen LogP contribution in [0.15, 0.2) is 188 Å². The predicted molar refractivity (Wildman–Crippen MR) is 228 cm³/mol. The monoisotopic (exact) mass is 723 g/mol. The maximum Gasteiger partial charge on any atom is 0.164 e. The van der Waals surface area contributed by atoms with Crippen molar-refractivity contribution in [1.82, 2.24) is 15.0 Å². The molecule has 4 nitrogen and oxygen atoms in total. The van der Waals surface area contributed by atoms with Crippen molar-refractivity contribution in [3.63, 3.8) is 0 Å². The number of nitrogens with zero attached hydrogens (tertiary/aromatic N) is 3. The average molecular weight is 724 g/mol. The Kier molecular flexibility index (Phi) is 7.94. The summed E-state index contributed by atoms with van der Waals surface area (Å²) in [5.41, 5.74) is 11.7. The van der Waals surface area contributed by atoms with Gasteiger partial charge in [-0.15, -0.1) is 0 Å². The van der Waals surface area contributed by atoms with Gasteiger partial charge in [0.1, 0.15) is 7.14 Å². The van der Waals surface area contributed by atoms with E-state index in [1.54, 1.807) is 0 Å². The lowest BCUT2D eigenvalue weighted by molar-refractivity contribution is 0.591. The van der Waals surface area contributed by atoms with Crippen LogP contribution >= 0.6 is 7.14 Å². The lowest BCUT2D eigenvalue weighted by Gasteiger charge is -2.16. The number of rotatable bonds is 6. The molecule has 2 heterocycles. The first-order valence-corrected chi connectivity index (χ1v) is 20.6. The first kappa shape index (κ1) is 32.9. The minimum absolute atomic E-state index is 0.618. The van der Waals surface area contributed by atoms with Gasteiger partial charge in [0.05, 0.1) is 0 Å². The lowest BCUT2D eigenvalue weighted by atomic mass is 9.88. The smallest absolute Gasteiger partial charge is 0.164 e. The van der Waals surface area contributed by atoms with Crippen molar-refractivity contribution >= 4 is 28.5 Å². The van der Waals surface area contributed by atoms with E-state index >= 15 is 0 Å². The second-order valence-electron chi connectivity index (χ2n) is 14.0. The van der Waals surface area contributed by atoms with E-state index in [9.17, 15) is 4.57 Å². The van der Waals surface area contributed by atoms with Crippen molar-refractivity contribution in [2.45, 2.75) is 0 Å². The molecule has 1 aromatic heterocycles. The molecule has 5 heteroatoms. The van der Waals surface area contributed by atoms with Crippen LogP contribution in [0.2, 0.25) is 0 Å². The van der Waals surface area contributed by atoms with E-state index in [0.29, 0.717) is 17.5 Å². The summed E-state index contributed by atoms with van der Waals surface area (Å²) in [5.74, 6) is 1.87. The Morgan fingerprint density at radius 1 is 0.345 bits per heavy atom. The van der Waals surface area contributed by atoms with Gasteiger partial charge in [-0.2, -0.15) is 0 Å². The van der Waals surface area contributed by atoms with Crippen LogP contribution in [0.25, 0.3) is 89.4 Å². The van der Waals surface area contributed by atoms with Crippen molar-refractivity contribution in [1.29, 1.82) is 0 Å². The molecular weight excluding hydrogens is 690 g/mol. The SMILES string of the molecule is CP1(=O)c2ccccc2-c2c(-c3ccc(-c4ccc(-c5nc(-c6ccccc6)nc(-c6cccc(-c7ccccc7)c6)n5)cc4)c4ccccc34)cccc21. The first-order valence-electron chi connectivity index (χ1n) is 18.4. The highest BCUT2D eigenvalue weighted by atomic mass is 31.2.